The van der Waals surface area contributed by atoms with Gasteiger partial charge in [-0.15, -0.1) is 0 Å². The van der Waals surface area contributed by atoms with E-state index in [0.717, 1.165) is 5.56 Å². The Bertz CT molecular complexity index is 1340. The van der Waals surface area contributed by atoms with Gasteiger partial charge in [-0.3, -0.25) is 19.7 Å². The van der Waals surface area contributed by atoms with Crippen LogP contribution in [0.2, 0.25) is 0 Å². The number of nitrogens with zero attached hydrogens (tertiary/aromatic N) is 2. The summed E-state index contributed by atoms with van der Waals surface area (Å²) in [7, 11) is 0. The molecular formula is C28H29FN4O6. The number of hydrogen-bond acceptors (Lipinski definition) is 7. The molecule has 2 amide bonds. The van der Waals surface area contributed by atoms with Gasteiger partial charge in [0.2, 0.25) is 0 Å². The molecule has 0 saturated carbocycles. The Hall–Kier alpha value is -4.80. The molecule has 3 aromatic carbocycles. The first-order valence-electron chi connectivity index (χ1n) is 12.2. The van der Waals surface area contributed by atoms with Crippen LogP contribution in [0.3, 0.4) is 0 Å². The van der Waals surface area contributed by atoms with Crippen molar-refractivity contribution in [2.75, 3.05) is 6.61 Å². The molecule has 0 bridgehead atoms. The summed E-state index contributed by atoms with van der Waals surface area (Å²) in [6.45, 7) is 5.88. The topological polar surface area (TPSA) is 132 Å². The molecule has 3 aromatic rings. The van der Waals surface area contributed by atoms with Crippen LogP contribution in [0.4, 0.5) is 10.1 Å². The van der Waals surface area contributed by atoms with Crippen LogP contribution < -0.4 is 20.2 Å². The average Bonchev–Trinajstić information content (AvgIpc) is 2.91. The standard InChI is InChI=1S/C28H29FN4O6/c1-4-38-25-15-20(11-14-24(25)39-17-19-9-12-21(13-10-19)33(36)37)16-30-32-28(35)26(18(2)3)31-27(34)22-7-5-6-8-23(22)29/h5-16,18,26H,4,17H2,1-3H3,(H,31,34)(H,32,35)/b30-16+. The van der Waals surface area contributed by atoms with Crippen molar-refractivity contribution in [2.24, 2.45) is 11.0 Å². The van der Waals surface area contributed by atoms with Crippen LogP contribution in [-0.2, 0) is 11.4 Å². The minimum atomic E-state index is -0.941. The Balaban J connectivity index is 1.63. The second-order valence-electron chi connectivity index (χ2n) is 8.76. The molecule has 2 N–H and O–H groups in total. The summed E-state index contributed by atoms with van der Waals surface area (Å²) in [5, 5.41) is 17.4. The second-order valence-corrected chi connectivity index (χ2v) is 8.76. The predicted molar refractivity (Wildman–Crippen MR) is 143 cm³/mol. The van der Waals surface area contributed by atoms with Crippen LogP contribution in [0.25, 0.3) is 0 Å². The van der Waals surface area contributed by atoms with E-state index in [-0.39, 0.29) is 23.8 Å². The molecular weight excluding hydrogens is 507 g/mol. The zero-order chi connectivity index (χ0) is 28.4. The van der Waals surface area contributed by atoms with Crippen molar-refractivity contribution in [1.82, 2.24) is 10.7 Å². The van der Waals surface area contributed by atoms with Crippen molar-refractivity contribution in [1.29, 1.82) is 0 Å². The summed E-state index contributed by atoms with van der Waals surface area (Å²) < 4.78 is 25.5. The van der Waals surface area contributed by atoms with E-state index in [4.69, 9.17) is 9.47 Å². The molecule has 204 valence electrons. The molecule has 0 heterocycles. The number of carbonyl (C=O) groups excluding carboxylic acids is 2. The van der Waals surface area contributed by atoms with Gasteiger partial charge in [0.25, 0.3) is 17.5 Å². The Labute approximate surface area is 225 Å². The number of benzene rings is 3. The number of nitro groups is 1. The number of rotatable bonds is 12. The van der Waals surface area contributed by atoms with Crippen LogP contribution >= 0.6 is 0 Å². The molecule has 0 fully saturated rings. The number of hydrazone groups is 1. The molecule has 0 aliphatic rings. The van der Waals surface area contributed by atoms with Gasteiger partial charge in [0.1, 0.15) is 18.5 Å². The molecule has 0 aliphatic heterocycles. The second kappa shape index (κ2) is 13.7. The Morgan fingerprint density at radius 3 is 2.41 bits per heavy atom. The van der Waals surface area contributed by atoms with Gasteiger partial charge >= 0.3 is 0 Å². The predicted octanol–water partition coefficient (Wildman–Crippen LogP) is 4.62. The minimum absolute atomic E-state index is 0.00308. The largest absolute Gasteiger partial charge is 0.490 e. The fourth-order valence-electron chi connectivity index (χ4n) is 3.51. The Kier molecular flexibility index (Phi) is 10.1. The average molecular weight is 537 g/mol. The van der Waals surface area contributed by atoms with Gasteiger partial charge in [-0.2, -0.15) is 5.10 Å². The number of hydrogen-bond donors (Lipinski definition) is 2. The van der Waals surface area contributed by atoms with Crippen molar-refractivity contribution >= 4 is 23.7 Å². The monoisotopic (exact) mass is 536 g/mol. The summed E-state index contributed by atoms with van der Waals surface area (Å²) in [6.07, 6.45) is 1.41. The highest BCUT2D eigenvalue weighted by Crippen LogP contribution is 2.29. The van der Waals surface area contributed by atoms with Crippen LogP contribution in [0.1, 0.15) is 42.3 Å². The maximum absolute atomic E-state index is 13.9. The van der Waals surface area contributed by atoms with E-state index in [9.17, 15) is 24.1 Å². The van der Waals surface area contributed by atoms with E-state index in [2.05, 4.69) is 15.8 Å². The van der Waals surface area contributed by atoms with Crippen molar-refractivity contribution in [3.05, 3.63) is 99.4 Å². The van der Waals surface area contributed by atoms with Gasteiger partial charge in [0.15, 0.2) is 11.5 Å². The molecule has 1 unspecified atom stereocenters. The van der Waals surface area contributed by atoms with Crippen LogP contribution in [0.15, 0.2) is 71.8 Å². The SMILES string of the molecule is CCOc1cc(/C=N/NC(=O)C(NC(=O)c2ccccc2F)C(C)C)ccc1OCc1ccc([N+](=O)[O-])cc1. The zero-order valence-electron chi connectivity index (χ0n) is 21.7. The number of carbonyl (C=O) groups is 2. The quantitative estimate of drug-likeness (QED) is 0.197. The first kappa shape index (κ1) is 28.8. The summed E-state index contributed by atoms with van der Waals surface area (Å²) in [5.41, 5.74) is 3.61. The molecule has 10 nitrogen and oxygen atoms in total. The van der Waals surface area contributed by atoms with E-state index < -0.39 is 28.6 Å². The van der Waals surface area contributed by atoms with Crippen LogP contribution in [-0.4, -0.2) is 35.6 Å². The maximum Gasteiger partial charge on any atom is 0.269 e. The van der Waals surface area contributed by atoms with Gasteiger partial charge in [-0.25, -0.2) is 9.82 Å². The lowest BCUT2D eigenvalue weighted by atomic mass is 10.0. The minimum Gasteiger partial charge on any atom is -0.490 e. The van der Waals surface area contributed by atoms with E-state index in [0.29, 0.717) is 23.7 Å². The van der Waals surface area contributed by atoms with Gasteiger partial charge in [0, 0.05) is 12.1 Å². The van der Waals surface area contributed by atoms with Gasteiger partial charge in [-0.05, 0) is 66.4 Å². The molecule has 1 atom stereocenters. The molecule has 39 heavy (non-hydrogen) atoms. The summed E-state index contributed by atoms with van der Waals surface area (Å²) in [6, 6.07) is 15.7. The van der Waals surface area contributed by atoms with E-state index >= 15 is 0 Å². The fraction of sp³-hybridized carbons (Fsp3) is 0.250. The lowest BCUT2D eigenvalue weighted by molar-refractivity contribution is -0.384. The summed E-state index contributed by atoms with van der Waals surface area (Å²) in [4.78, 5) is 35.5. The third-order valence-electron chi connectivity index (χ3n) is 5.55. The first-order valence-corrected chi connectivity index (χ1v) is 12.2. The van der Waals surface area contributed by atoms with E-state index in [1.165, 1.54) is 42.6 Å². The Morgan fingerprint density at radius 2 is 1.77 bits per heavy atom. The zero-order valence-corrected chi connectivity index (χ0v) is 21.7. The molecule has 0 radical (unpaired) electrons. The fourth-order valence-corrected chi connectivity index (χ4v) is 3.51. The number of ether oxygens (including phenoxy) is 2. The molecule has 0 aliphatic carbocycles. The van der Waals surface area contributed by atoms with Crippen LogP contribution in [0, 0.1) is 21.8 Å². The van der Waals surface area contributed by atoms with Crippen molar-refractivity contribution in [3.63, 3.8) is 0 Å². The highest BCUT2D eigenvalue weighted by molar-refractivity contribution is 5.98. The smallest absolute Gasteiger partial charge is 0.269 e. The number of non-ortho nitro benzene ring substituents is 1. The highest BCUT2D eigenvalue weighted by Gasteiger charge is 2.25. The summed E-state index contributed by atoms with van der Waals surface area (Å²) >= 11 is 0. The first-order chi connectivity index (χ1) is 18.7. The van der Waals surface area contributed by atoms with Gasteiger partial charge in [-0.1, -0.05) is 26.0 Å². The van der Waals surface area contributed by atoms with Crippen molar-refractivity contribution in [2.45, 2.75) is 33.4 Å². The number of amides is 2. The van der Waals surface area contributed by atoms with Gasteiger partial charge in [0.05, 0.1) is 23.3 Å². The third-order valence-corrected chi connectivity index (χ3v) is 5.55. The van der Waals surface area contributed by atoms with E-state index in [1.807, 2.05) is 6.92 Å². The third kappa shape index (κ3) is 8.09. The number of halogens is 1. The Morgan fingerprint density at radius 1 is 1.05 bits per heavy atom. The molecule has 0 spiro atoms. The van der Waals surface area contributed by atoms with Gasteiger partial charge < -0.3 is 14.8 Å². The normalized spacial score (nSPS) is 11.7. The molecule has 11 heteroatoms. The lowest BCUT2D eigenvalue weighted by Gasteiger charge is -2.20. The van der Waals surface area contributed by atoms with Crippen molar-refractivity contribution in [3.8, 4) is 11.5 Å². The molecule has 0 aromatic heterocycles. The van der Waals surface area contributed by atoms with E-state index in [1.54, 1.807) is 44.2 Å². The molecule has 3 rings (SSSR count). The molecule has 0 saturated heterocycles. The highest BCUT2D eigenvalue weighted by atomic mass is 19.1. The lowest BCUT2D eigenvalue weighted by Crippen LogP contribution is -2.48. The number of nitrogens with one attached hydrogen (secondary N) is 2. The van der Waals surface area contributed by atoms with Crippen molar-refractivity contribution < 1.29 is 28.4 Å². The maximum atomic E-state index is 13.9. The van der Waals surface area contributed by atoms with Crippen LogP contribution in [0.5, 0.6) is 11.5 Å². The number of nitro benzene ring substituents is 1. The summed E-state index contributed by atoms with van der Waals surface area (Å²) in [5.74, 6) is -1.30.